The molecule has 2 aromatic carbocycles. The van der Waals surface area contributed by atoms with E-state index in [4.69, 9.17) is 0 Å². The molecule has 8 heteroatoms. The lowest BCUT2D eigenvalue weighted by Gasteiger charge is -2.42. The highest BCUT2D eigenvalue weighted by atomic mass is 32.2. The average molecular weight is 588 g/mol. The molecule has 3 saturated heterocycles. The van der Waals surface area contributed by atoms with Crippen LogP contribution in [0.4, 0.5) is 11.4 Å². The minimum absolute atomic E-state index is 0.0177. The molecule has 0 saturated carbocycles. The monoisotopic (exact) mass is 587 g/mol. The van der Waals surface area contributed by atoms with Gasteiger partial charge in [0.15, 0.2) is 0 Å². The SMILES string of the molecule is C=CCN(C(=O)[C@@H]1[C@H]2C(=O)N([C@H](C)CO)C(C(=O)N(CC=C)c3cc(C)ccc3C)C23S[C@@H]1CC3C)c1ccccc1. The number of carbonyl (C=O) groups is 3. The molecule has 7 atom stereocenters. The van der Waals surface area contributed by atoms with Gasteiger partial charge in [-0.15, -0.1) is 24.9 Å². The van der Waals surface area contributed by atoms with Crippen molar-refractivity contribution in [1.29, 1.82) is 0 Å². The Hall–Kier alpha value is -3.36. The van der Waals surface area contributed by atoms with Gasteiger partial charge in [0.05, 0.1) is 29.2 Å². The van der Waals surface area contributed by atoms with Crippen LogP contribution in [0, 0.1) is 31.6 Å². The maximum absolute atomic E-state index is 14.9. The smallest absolute Gasteiger partial charge is 0.251 e. The van der Waals surface area contributed by atoms with Crippen LogP contribution < -0.4 is 9.80 Å². The van der Waals surface area contributed by atoms with Crippen molar-refractivity contribution < 1.29 is 19.5 Å². The molecule has 2 aromatic rings. The molecule has 3 aliphatic heterocycles. The molecule has 0 aliphatic carbocycles. The second kappa shape index (κ2) is 11.7. The van der Waals surface area contributed by atoms with Crippen LogP contribution in [0.5, 0.6) is 0 Å². The van der Waals surface area contributed by atoms with Crippen LogP contribution >= 0.6 is 11.8 Å². The highest BCUT2D eigenvalue weighted by molar-refractivity contribution is 8.02. The van der Waals surface area contributed by atoms with E-state index in [0.717, 1.165) is 28.9 Å². The molecule has 0 aromatic heterocycles. The lowest BCUT2D eigenvalue weighted by Crippen LogP contribution is -2.59. The number of nitrogens with zero attached hydrogens (tertiary/aromatic N) is 3. The second-order valence-electron chi connectivity index (χ2n) is 11.9. The number of anilines is 2. The Morgan fingerprint density at radius 1 is 1.10 bits per heavy atom. The van der Waals surface area contributed by atoms with E-state index in [1.165, 1.54) is 0 Å². The summed E-state index contributed by atoms with van der Waals surface area (Å²) >= 11 is 1.64. The van der Waals surface area contributed by atoms with Crippen molar-refractivity contribution in [2.24, 2.45) is 17.8 Å². The number of benzene rings is 2. The van der Waals surface area contributed by atoms with Crippen molar-refractivity contribution in [1.82, 2.24) is 4.90 Å². The Morgan fingerprint density at radius 2 is 1.76 bits per heavy atom. The molecule has 3 amide bonds. The average Bonchev–Trinajstić information content (AvgIpc) is 3.59. The maximum atomic E-state index is 14.9. The van der Waals surface area contributed by atoms with Crippen molar-refractivity contribution in [3.8, 4) is 0 Å². The predicted molar refractivity (Wildman–Crippen MR) is 170 cm³/mol. The molecule has 7 nitrogen and oxygen atoms in total. The number of amides is 3. The van der Waals surface area contributed by atoms with Crippen LogP contribution in [0.2, 0.25) is 0 Å². The summed E-state index contributed by atoms with van der Waals surface area (Å²) < 4.78 is -0.795. The van der Waals surface area contributed by atoms with Crippen LogP contribution in [0.3, 0.4) is 0 Å². The highest BCUT2D eigenvalue weighted by Crippen LogP contribution is 2.69. The quantitative estimate of drug-likeness (QED) is 0.406. The van der Waals surface area contributed by atoms with Crippen LogP contribution in [0.25, 0.3) is 0 Å². The Labute approximate surface area is 253 Å². The number of aliphatic hydroxyl groups is 1. The van der Waals surface area contributed by atoms with Crippen LogP contribution in [0.1, 0.15) is 31.4 Å². The van der Waals surface area contributed by atoms with Gasteiger partial charge >= 0.3 is 0 Å². The van der Waals surface area contributed by atoms with Crippen LogP contribution in [-0.4, -0.2) is 69.5 Å². The fraction of sp³-hybridized carbons (Fsp3) is 0.441. The summed E-state index contributed by atoms with van der Waals surface area (Å²) in [4.78, 5) is 48.8. The minimum Gasteiger partial charge on any atom is -0.394 e. The van der Waals surface area contributed by atoms with Gasteiger partial charge in [0.2, 0.25) is 11.8 Å². The van der Waals surface area contributed by atoms with Gasteiger partial charge in [0, 0.05) is 29.7 Å². The summed E-state index contributed by atoms with van der Waals surface area (Å²) in [6.45, 7) is 16.0. The number of para-hydroxylation sites is 1. The Kier molecular flexibility index (Phi) is 8.41. The first-order chi connectivity index (χ1) is 20.1. The summed E-state index contributed by atoms with van der Waals surface area (Å²) in [5.41, 5.74) is 3.50. The number of likely N-dealkylation sites (tertiary alicyclic amines) is 1. The van der Waals surface area contributed by atoms with Gasteiger partial charge in [-0.05, 0) is 62.4 Å². The van der Waals surface area contributed by atoms with E-state index < -0.39 is 28.7 Å². The summed E-state index contributed by atoms with van der Waals surface area (Å²) in [5.74, 6) is -1.78. The van der Waals surface area contributed by atoms with E-state index >= 15 is 0 Å². The van der Waals surface area contributed by atoms with Crippen molar-refractivity contribution in [2.75, 3.05) is 29.5 Å². The van der Waals surface area contributed by atoms with Crippen molar-refractivity contribution in [3.05, 3.63) is 85.0 Å². The second-order valence-corrected chi connectivity index (χ2v) is 13.5. The third-order valence-electron chi connectivity index (χ3n) is 9.32. The Bertz CT molecular complexity index is 1400. The number of hydrogen-bond donors (Lipinski definition) is 1. The van der Waals surface area contributed by atoms with Gasteiger partial charge in [0.1, 0.15) is 6.04 Å². The number of thioether (sulfide) groups is 1. The zero-order chi connectivity index (χ0) is 30.3. The van der Waals surface area contributed by atoms with Crippen molar-refractivity contribution in [2.45, 2.75) is 56.2 Å². The van der Waals surface area contributed by atoms with Crippen LogP contribution in [-0.2, 0) is 14.4 Å². The molecule has 222 valence electrons. The van der Waals surface area contributed by atoms with Gasteiger partial charge < -0.3 is 19.8 Å². The Balaban J connectivity index is 1.62. The van der Waals surface area contributed by atoms with Gasteiger partial charge in [-0.3, -0.25) is 14.4 Å². The molecular formula is C34H41N3O4S. The molecule has 0 radical (unpaired) electrons. The van der Waals surface area contributed by atoms with E-state index in [0.29, 0.717) is 6.54 Å². The lowest BCUT2D eigenvalue weighted by molar-refractivity contribution is -0.141. The topological polar surface area (TPSA) is 81.2 Å². The number of aryl methyl sites for hydroxylation is 2. The fourth-order valence-electron chi connectivity index (χ4n) is 7.42. The third-order valence-corrected chi connectivity index (χ3v) is 11.4. The van der Waals surface area contributed by atoms with Crippen molar-refractivity contribution >= 4 is 40.9 Å². The van der Waals surface area contributed by atoms with Gasteiger partial charge in [0.25, 0.3) is 5.91 Å². The number of aliphatic hydroxyl groups excluding tert-OH is 1. The molecule has 1 spiro atoms. The van der Waals surface area contributed by atoms with Gasteiger partial charge in [-0.2, -0.15) is 0 Å². The number of carbonyl (C=O) groups excluding carboxylic acids is 3. The Morgan fingerprint density at radius 3 is 2.40 bits per heavy atom. The minimum atomic E-state index is -0.829. The van der Waals surface area contributed by atoms with E-state index in [1.807, 2.05) is 62.4 Å². The molecule has 3 unspecified atom stereocenters. The standard InChI is InChI=1S/C34H41N3O4S/c1-7-16-35(25-12-10-9-11-13-25)31(39)28-27-19-23(5)34(42-27)29(28)32(40)37(24(6)20-38)30(34)33(41)36(17-8-2)26-18-21(3)14-15-22(26)4/h7-15,18,23-24,27-30,38H,1-2,16-17,19-20H2,3-6H3/t23?,24-,27-,28+,29+,30?,34?/m1/s1. The van der Waals surface area contributed by atoms with Crippen LogP contribution in [0.15, 0.2) is 73.8 Å². The molecular weight excluding hydrogens is 546 g/mol. The summed E-state index contributed by atoms with van der Waals surface area (Å²) in [5, 5.41) is 10.2. The fourth-order valence-corrected chi connectivity index (χ4v) is 9.81. The molecule has 3 aliphatic rings. The van der Waals surface area contributed by atoms with E-state index in [9.17, 15) is 19.5 Å². The van der Waals surface area contributed by atoms with E-state index in [1.54, 1.807) is 45.5 Å². The van der Waals surface area contributed by atoms with E-state index in [2.05, 4.69) is 20.1 Å². The molecule has 5 rings (SSSR count). The maximum Gasteiger partial charge on any atom is 0.251 e. The number of rotatable bonds is 10. The van der Waals surface area contributed by atoms with Gasteiger partial charge in [-0.1, -0.05) is 49.4 Å². The zero-order valence-corrected chi connectivity index (χ0v) is 25.7. The normalized spacial score (nSPS) is 28.4. The lowest BCUT2D eigenvalue weighted by atomic mass is 9.65. The zero-order valence-electron chi connectivity index (χ0n) is 24.9. The van der Waals surface area contributed by atoms with Gasteiger partial charge in [-0.25, -0.2) is 0 Å². The molecule has 1 N–H and O–H groups in total. The molecule has 42 heavy (non-hydrogen) atoms. The predicted octanol–water partition coefficient (Wildman–Crippen LogP) is 4.76. The first-order valence-electron chi connectivity index (χ1n) is 14.7. The highest BCUT2D eigenvalue weighted by Gasteiger charge is 2.76. The first kappa shape index (κ1) is 30.1. The van der Waals surface area contributed by atoms with E-state index in [-0.39, 0.29) is 42.0 Å². The summed E-state index contributed by atoms with van der Waals surface area (Å²) in [6, 6.07) is 14.0. The largest absolute Gasteiger partial charge is 0.394 e. The number of hydrogen-bond acceptors (Lipinski definition) is 5. The van der Waals surface area contributed by atoms with Crippen molar-refractivity contribution in [3.63, 3.8) is 0 Å². The molecule has 3 fully saturated rings. The molecule has 2 bridgehead atoms. The molecule has 3 heterocycles. The summed E-state index contributed by atoms with van der Waals surface area (Å²) in [7, 11) is 0. The summed E-state index contributed by atoms with van der Waals surface area (Å²) in [6.07, 6.45) is 4.13. The third kappa shape index (κ3) is 4.60. The first-order valence-corrected chi connectivity index (χ1v) is 15.6. The number of fused-ring (bicyclic) bond motifs is 1.